The van der Waals surface area contributed by atoms with Crippen LogP contribution in [0.4, 0.5) is 17.1 Å². The van der Waals surface area contributed by atoms with Crippen LogP contribution in [-0.4, -0.2) is 28.1 Å². The van der Waals surface area contributed by atoms with Gasteiger partial charge in [-0.15, -0.1) is 0 Å². The molecule has 0 N–H and O–H groups in total. The third-order valence-electron chi connectivity index (χ3n) is 7.25. The summed E-state index contributed by atoms with van der Waals surface area (Å²) in [6.07, 6.45) is 0. The summed E-state index contributed by atoms with van der Waals surface area (Å²) in [5.74, 6) is 0. The van der Waals surface area contributed by atoms with Crippen molar-refractivity contribution >= 4 is 38.9 Å². The average molecular weight is 470 g/mol. The molecule has 2 aromatic heterocycles. The standard InChI is InChI=1S/C31H27N5/c1-21-17-22(2)36(32-21)25-15-16-27-26-11-4-5-12-28(26)35(31(27)19-25)24-10-8-9-23(18-24)34-20-33(3)29-13-6-7-14-30(29)34/h4-19H,20H2,1-3H3. The number of hydrogen-bond donors (Lipinski definition) is 0. The van der Waals surface area contributed by atoms with Gasteiger partial charge in [0, 0.05) is 34.9 Å². The summed E-state index contributed by atoms with van der Waals surface area (Å²) in [4.78, 5) is 4.68. The minimum absolute atomic E-state index is 0.831. The molecule has 1 aliphatic rings. The number of fused-ring (bicyclic) bond motifs is 4. The van der Waals surface area contributed by atoms with E-state index in [2.05, 4.69) is 125 Å². The number of nitrogens with zero attached hydrogens (tertiary/aromatic N) is 5. The Morgan fingerprint density at radius 3 is 2.22 bits per heavy atom. The van der Waals surface area contributed by atoms with Gasteiger partial charge in [-0.1, -0.05) is 42.5 Å². The Hall–Kier alpha value is -4.51. The highest BCUT2D eigenvalue weighted by molar-refractivity contribution is 6.09. The Bertz CT molecular complexity index is 1770. The van der Waals surface area contributed by atoms with Crippen LogP contribution in [0.15, 0.2) is 97.1 Å². The molecule has 5 nitrogen and oxygen atoms in total. The molecule has 0 spiro atoms. The molecule has 176 valence electrons. The summed E-state index contributed by atoms with van der Waals surface area (Å²) in [6, 6.07) is 34.9. The number of rotatable bonds is 3. The van der Waals surface area contributed by atoms with E-state index in [0.717, 1.165) is 29.4 Å². The van der Waals surface area contributed by atoms with Crippen LogP contribution >= 0.6 is 0 Å². The summed E-state index contributed by atoms with van der Waals surface area (Å²) >= 11 is 0. The van der Waals surface area contributed by atoms with Crippen LogP contribution in [0, 0.1) is 13.8 Å². The molecule has 4 aromatic carbocycles. The predicted molar refractivity (Wildman–Crippen MR) is 149 cm³/mol. The van der Waals surface area contributed by atoms with Crippen LogP contribution in [0.1, 0.15) is 11.4 Å². The van der Waals surface area contributed by atoms with Crippen molar-refractivity contribution in [3.8, 4) is 11.4 Å². The Morgan fingerprint density at radius 1 is 0.639 bits per heavy atom. The van der Waals surface area contributed by atoms with E-state index in [1.165, 1.54) is 38.9 Å². The Labute approximate surface area is 210 Å². The quantitative estimate of drug-likeness (QED) is 0.276. The van der Waals surface area contributed by atoms with E-state index in [1.54, 1.807) is 0 Å². The summed E-state index contributed by atoms with van der Waals surface area (Å²) in [5.41, 5.74) is 10.4. The summed E-state index contributed by atoms with van der Waals surface area (Å²) in [6.45, 7) is 4.98. The molecule has 0 saturated heterocycles. The third-order valence-corrected chi connectivity index (χ3v) is 7.25. The molecule has 0 amide bonds. The monoisotopic (exact) mass is 469 g/mol. The molecule has 3 heterocycles. The van der Waals surface area contributed by atoms with E-state index in [0.29, 0.717) is 0 Å². The molecule has 0 bridgehead atoms. The lowest BCUT2D eigenvalue weighted by Gasteiger charge is -2.21. The molecule has 0 fully saturated rings. The molecule has 7 rings (SSSR count). The van der Waals surface area contributed by atoms with Gasteiger partial charge < -0.3 is 14.4 Å². The van der Waals surface area contributed by atoms with Crippen LogP contribution < -0.4 is 9.80 Å². The lowest BCUT2D eigenvalue weighted by Crippen LogP contribution is -2.24. The van der Waals surface area contributed by atoms with E-state index in [9.17, 15) is 0 Å². The number of anilines is 3. The minimum Gasteiger partial charge on any atom is -0.355 e. The predicted octanol–water partition coefficient (Wildman–Crippen LogP) is 7.13. The van der Waals surface area contributed by atoms with Gasteiger partial charge in [0.25, 0.3) is 0 Å². The van der Waals surface area contributed by atoms with Crippen molar-refractivity contribution in [1.29, 1.82) is 0 Å². The maximum Gasteiger partial charge on any atom is 0.0950 e. The van der Waals surface area contributed by atoms with Crippen LogP contribution in [0.2, 0.25) is 0 Å². The van der Waals surface area contributed by atoms with Crippen molar-refractivity contribution in [2.75, 3.05) is 23.5 Å². The second-order valence-corrected chi connectivity index (χ2v) is 9.67. The number of aromatic nitrogens is 3. The number of hydrogen-bond acceptors (Lipinski definition) is 3. The van der Waals surface area contributed by atoms with Crippen LogP contribution in [0.25, 0.3) is 33.2 Å². The van der Waals surface area contributed by atoms with Gasteiger partial charge in [-0.25, -0.2) is 4.68 Å². The maximum atomic E-state index is 4.73. The number of benzene rings is 4. The first kappa shape index (κ1) is 20.8. The van der Waals surface area contributed by atoms with Crippen molar-refractivity contribution in [2.45, 2.75) is 13.8 Å². The van der Waals surface area contributed by atoms with Crippen molar-refractivity contribution in [3.05, 3.63) is 108 Å². The smallest absolute Gasteiger partial charge is 0.0950 e. The van der Waals surface area contributed by atoms with E-state index in [-0.39, 0.29) is 0 Å². The average Bonchev–Trinajstić information content (AvgIpc) is 3.54. The maximum absolute atomic E-state index is 4.73. The minimum atomic E-state index is 0.831. The highest BCUT2D eigenvalue weighted by Crippen LogP contribution is 2.41. The van der Waals surface area contributed by atoms with Gasteiger partial charge in [0.05, 0.1) is 40.5 Å². The molecule has 1 aliphatic heterocycles. The van der Waals surface area contributed by atoms with Gasteiger partial charge >= 0.3 is 0 Å². The molecule has 0 aliphatic carbocycles. The van der Waals surface area contributed by atoms with Crippen molar-refractivity contribution in [2.24, 2.45) is 0 Å². The van der Waals surface area contributed by atoms with Gasteiger partial charge in [0.2, 0.25) is 0 Å². The number of aryl methyl sites for hydroxylation is 2. The van der Waals surface area contributed by atoms with E-state index < -0.39 is 0 Å². The lowest BCUT2D eigenvalue weighted by molar-refractivity contribution is 0.834. The van der Waals surface area contributed by atoms with Crippen molar-refractivity contribution in [1.82, 2.24) is 14.3 Å². The fourth-order valence-corrected chi connectivity index (χ4v) is 5.66. The van der Waals surface area contributed by atoms with Gasteiger partial charge in [-0.05, 0) is 68.4 Å². The normalized spacial score (nSPS) is 13.2. The molecule has 6 aromatic rings. The van der Waals surface area contributed by atoms with Gasteiger partial charge in [0.1, 0.15) is 0 Å². The highest BCUT2D eigenvalue weighted by Gasteiger charge is 2.24. The first-order chi connectivity index (χ1) is 17.6. The first-order valence-corrected chi connectivity index (χ1v) is 12.3. The highest BCUT2D eigenvalue weighted by atomic mass is 15.4. The Kier molecular flexibility index (Phi) is 4.48. The second kappa shape index (κ2) is 7.75. The topological polar surface area (TPSA) is 29.2 Å². The van der Waals surface area contributed by atoms with Crippen LogP contribution in [0.3, 0.4) is 0 Å². The SMILES string of the molecule is Cc1cc(C)n(-c2ccc3c4ccccc4n(-c4cccc(N5CN(C)c6ccccc65)c4)c3c2)n1. The molecule has 0 unspecified atom stereocenters. The molecular formula is C31H27N5. The molecular weight excluding hydrogens is 442 g/mol. The van der Waals surface area contributed by atoms with Gasteiger partial charge in [-0.2, -0.15) is 5.10 Å². The zero-order valence-corrected chi connectivity index (χ0v) is 20.7. The van der Waals surface area contributed by atoms with Crippen LogP contribution in [0.5, 0.6) is 0 Å². The van der Waals surface area contributed by atoms with Gasteiger partial charge in [0.15, 0.2) is 0 Å². The van der Waals surface area contributed by atoms with Gasteiger partial charge in [-0.3, -0.25) is 0 Å². The Morgan fingerprint density at radius 2 is 1.39 bits per heavy atom. The fourth-order valence-electron chi connectivity index (χ4n) is 5.66. The first-order valence-electron chi connectivity index (χ1n) is 12.3. The Balaban J connectivity index is 1.44. The molecule has 0 saturated carbocycles. The second-order valence-electron chi connectivity index (χ2n) is 9.67. The van der Waals surface area contributed by atoms with E-state index in [4.69, 9.17) is 5.10 Å². The summed E-state index contributed by atoms with van der Waals surface area (Å²) in [7, 11) is 2.15. The zero-order chi connectivity index (χ0) is 24.4. The fraction of sp³-hybridized carbons (Fsp3) is 0.129. The third kappa shape index (κ3) is 3.06. The zero-order valence-electron chi connectivity index (χ0n) is 20.7. The van der Waals surface area contributed by atoms with Crippen molar-refractivity contribution in [3.63, 3.8) is 0 Å². The van der Waals surface area contributed by atoms with Crippen molar-refractivity contribution < 1.29 is 0 Å². The molecule has 36 heavy (non-hydrogen) atoms. The molecule has 0 radical (unpaired) electrons. The number of para-hydroxylation sites is 3. The molecule has 0 atom stereocenters. The largest absolute Gasteiger partial charge is 0.355 e. The molecule has 5 heteroatoms. The summed E-state index contributed by atoms with van der Waals surface area (Å²) in [5, 5.41) is 7.23. The summed E-state index contributed by atoms with van der Waals surface area (Å²) < 4.78 is 4.42. The van der Waals surface area contributed by atoms with E-state index in [1.807, 2.05) is 11.6 Å². The van der Waals surface area contributed by atoms with Crippen LogP contribution in [-0.2, 0) is 0 Å². The lowest BCUT2D eigenvalue weighted by atomic mass is 10.1. The van der Waals surface area contributed by atoms with E-state index >= 15 is 0 Å².